The van der Waals surface area contributed by atoms with Crippen molar-refractivity contribution < 1.29 is 18.3 Å². The highest BCUT2D eigenvalue weighted by Gasteiger charge is 2.24. The van der Waals surface area contributed by atoms with Crippen LogP contribution in [-0.4, -0.2) is 30.9 Å². The molecule has 0 bridgehead atoms. The molecule has 0 aliphatic carbocycles. The maximum absolute atomic E-state index is 12.1. The van der Waals surface area contributed by atoms with Crippen LogP contribution in [0.3, 0.4) is 0 Å². The van der Waals surface area contributed by atoms with E-state index in [0.717, 1.165) is 31.4 Å². The molecule has 1 aliphatic heterocycles. The summed E-state index contributed by atoms with van der Waals surface area (Å²) in [5, 5.41) is 0. The monoisotopic (exact) mass is 255 g/mol. The largest absolute Gasteiger partial charge is 0.488 e. The Labute approximate surface area is 104 Å². The average molecular weight is 255 g/mol. The SMILES string of the molecule is O=CN1CCCC1c1cccc(OCC(F)F)c1. The van der Waals surface area contributed by atoms with Gasteiger partial charge in [0, 0.05) is 6.54 Å². The molecule has 5 heteroatoms. The Bertz CT molecular complexity index is 412. The molecule has 1 atom stereocenters. The molecule has 1 heterocycles. The number of likely N-dealkylation sites (tertiary alicyclic amines) is 1. The number of nitrogens with zero attached hydrogens (tertiary/aromatic N) is 1. The minimum absolute atomic E-state index is 0.0394. The second kappa shape index (κ2) is 5.80. The standard InChI is InChI=1S/C13H15F2NO2/c14-13(15)8-18-11-4-1-3-10(7-11)12-5-2-6-16(12)9-17/h1,3-4,7,9,12-13H,2,5-6,8H2. The minimum Gasteiger partial charge on any atom is -0.488 e. The molecule has 2 rings (SSSR count). The summed E-state index contributed by atoms with van der Waals surface area (Å²) in [5.74, 6) is 0.422. The van der Waals surface area contributed by atoms with Crippen LogP contribution < -0.4 is 4.74 Å². The Kier molecular flexibility index (Phi) is 4.12. The van der Waals surface area contributed by atoms with Crippen molar-refractivity contribution in [1.29, 1.82) is 0 Å². The maximum atomic E-state index is 12.1. The van der Waals surface area contributed by atoms with Crippen molar-refractivity contribution in [3.63, 3.8) is 0 Å². The number of halogens is 2. The molecule has 1 aliphatic rings. The summed E-state index contributed by atoms with van der Waals surface area (Å²) < 4.78 is 29.1. The lowest BCUT2D eigenvalue weighted by atomic mass is 10.0. The van der Waals surface area contributed by atoms with Crippen molar-refractivity contribution in [2.75, 3.05) is 13.2 Å². The first-order valence-electron chi connectivity index (χ1n) is 5.92. The van der Waals surface area contributed by atoms with Gasteiger partial charge in [-0.25, -0.2) is 8.78 Å². The summed E-state index contributed by atoms with van der Waals surface area (Å²) in [6.07, 6.45) is 0.221. The van der Waals surface area contributed by atoms with Gasteiger partial charge in [-0.15, -0.1) is 0 Å². The molecule has 3 nitrogen and oxygen atoms in total. The van der Waals surface area contributed by atoms with Crippen molar-refractivity contribution in [1.82, 2.24) is 4.90 Å². The molecular formula is C13H15F2NO2. The van der Waals surface area contributed by atoms with Crippen LogP contribution in [-0.2, 0) is 4.79 Å². The topological polar surface area (TPSA) is 29.5 Å². The quantitative estimate of drug-likeness (QED) is 0.757. The first-order valence-corrected chi connectivity index (χ1v) is 5.92. The van der Waals surface area contributed by atoms with Gasteiger partial charge in [-0.1, -0.05) is 12.1 Å². The number of carbonyl (C=O) groups is 1. The Balaban J connectivity index is 2.09. The van der Waals surface area contributed by atoms with Crippen molar-refractivity contribution in [2.45, 2.75) is 25.3 Å². The van der Waals surface area contributed by atoms with Crippen LogP contribution in [0.2, 0.25) is 0 Å². The highest BCUT2D eigenvalue weighted by atomic mass is 19.3. The number of ether oxygens (including phenoxy) is 1. The highest BCUT2D eigenvalue weighted by molar-refractivity contribution is 5.50. The molecule has 0 saturated carbocycles. The lowest BCUT2D eigenvalue weighted by Gasteiger charge is -2.20. The van der Waals surface area contributed by atoms with E-state index in [1.807, 2.05) is 6.07 Å². The molecule has 0 aromatic heterocycles. The van der Waals surface area contributed by atoms with E-state index < -0.39 is 13.0 Å². The molecule has 0 radical (unpaired) electrons. The second-order valence-corrected chi connectivity index (χ2v) is 4.28. The smallest absolute Gasteiger partial charge is 0.272 e. The van der Waals surface area contributed by atoms with Gasteiger partial charge in [-0.05, 0) is 30.5 Å². The van der Waals surface area contributed by atoms with Gasteiger partial charge in [0.05, 0.1) is 6.04 Å². The normalized spacial score (nSPS) is 19.3. The summed E-state index contributed by atoms with van der Waals surface area (Å²) in [5.41, 5.74) is 0.936. The van der Waals surface area contributed by atoms with E-state index in [-0.39, 0.29) is 6.04 Å². The molecule has 0 spiro atoms. The molecule has 0 N–H and O–H groups in total. The van der Waals surface area contributed by atoms with Crippen LogP contribution in [0.25, 0.3) is 0 Å². The van der Waals surface area contributed by atoms with Crippen LogP contribution in [0.1, 0.15) is 24.4 Å². The zero-order valence-corrected chi connectivity index (χ0v) is 9.89. The predicted octanol–water partition coefficient (Wildman–Crippen LogP) is 2.62. The van der Waals surface area contributed by atoms with Crippen molar-refractivity contribution in [2.24, 2.45) is 0 Å². The molecule has 1 aromatic carbocycles. The Morgan fingerprint density at radius 3 is 3.06 bits per heavy atom. The molecule has 18 heavy (non-hydrogen) atoms. The van der Waals surface area contributed by atoms with Gasteiger partial charge in [0.25, 0.3) is 6.43 Å². The van der Waals surface area contributed by atoms with E-state index in [9.17, 15) is 13.6 Å². The Hall–Kier alpha value is -1.65. The van der Waals surface area contributed by atoms with Crippen LogP contribution >= 0.6 is 0 Å². The Morgan fingerprint density at radius 1 is 1.50 bits per heavy atom. The Morgan fingerprint density at radius 2 is 2.33 bits per heavy atom. The molecule has 1 aromatic rings. The van der Waals surface area contributed by atoms with E-state index >= 15 is 0 Å². The third-order valence-corrected chi connectivity index (χ3v) is 3.05. The number of rotatable bonds is 5. The third kappa shape index (κ3) is 2.97. The number of amides is 1. The fourth-order valence-corrected chi connectivity index (χ4v) is 2.24. The fraction of sp³-hybridized carbons (Fsp3) is 0.462. The first-order chi connectivity index (χ1) is 8.70. The van der Waals surface area contributed by atoms with Gasteiger partial charge >= 0.3 is 0 Å². The van der Waals surface area contributed by atoms with Gasteiger partial charge in [-0.2, -0.15) is 0 Å². The maximum Gasteiger partial charge on any atom is 0.272 e. The fourth-order valence-electron chi connectivity index (χ4n) is 2.24. The molecule has 1 amide bonds. The van der Waals surface area contributed by atoms with E-state index in [2.05, 4.69) is 0 Å². The number of benzene rings is 1. The van der Waals surface area contributed by atoms with Crippen molar-refractivity contribution >= 4 is 6.41 Å². The molecular weight excluding hydrogens is 240 g/mol. The number of hydrogen-bond donors (Lipinski definition) is 0. The average Bonchev–Trinajstić information content (AvgIpc) is 2.85. The molecule has 1 fully saturated rings. The van der Waals surface area contributed by atoms with Gasteiger partial charge in [0.2, 0.25) is 6.41 Å². The number of alkyl halides is 2. The van der Waals surface area contributed by atoms with E-state index in [1.54, 1.807) is 23.1 Å². The van der Waals surface area contributed by atoms with Gasteiger partial charge in [0.1, 0.15) is 12.4 Å². The van der Waals surface area contributed by atoms with Crippen molar-refractivity contribution in [3.05, 3.63) is 29.8 Å². The van der Waals surface area contributed by atoms with Crippen molar-refractivity contribution in [3.8, 4) is 5.75 Å². The van der Waals surface area contributed by atoms with Gasteiger partial charge in [-0.3, -0.25) is 4.79 Å². The van der Waals surface area contributed by atoms with Gasteiger partial charge in [0.15, 0.2) is 0 Å². The summed E-state index contributed by atoms with van der Waals surface area (Å²) in [7, 11) is 0. The van der Waals surface area contributed by atoms with Gasteiger partial charge < -0.3 is 9.64 Å². The summed E-state index contributed by atoms with van der Waals surface area (Å²) in [4.78, 5) is 12.6. The number of carbonyl (C=O) groups excluding carboxylic acids is 1. The molecule has 1 saturated heterocycles. The van der Waals surface area contributed by atoms with Crippen LogP contribution in [0.4, 0.5) is 8.78 Å². The van der Waals surface area contributed by atoms with Crippen LogP contribution in [0, 0.1) is 0 Å². The molecule has 98 valence electrons. The predicted molar refractivity (Wildman–Crippen MR) is 62.7 cm³/mol. The first kappa shape index (κ1) is 12.8. The number of hydrogen-bond acceptors (Lipinski definition) is 2. The lowest BCUT2D eigenvalue weighted by molar-refractivity contribution is -0.118. The zero-order valence-electron chi connectivity index (χ0n) is 9.89. The third-order valence-electron chi connectivity index (χ3n) is 3.05. The van der Waals surface area contributed by atoms with E-state index in [0.29, 0.717) is 5.75 Å². The van der Waals surface area contributed by atoms with E-state index in [4.69, 9.17) is 4.74 Å². The molecule has 1 unspecified atom stereocenters. The zero-order chi connectivity index (χ0) is 13.0. The second-order valence-electron chi connectivity index (χ2n) is 4.28. The summed E-state index contributed by atoms with van der Waals surface area (Å²) in [6, 6.07) is 7.07. The summed E-state index contributed by atoms with van der Waals surface area (Å²) >= 11 is 0. The van der Waals surface area contributed by atoms with Crippen LogP contribution in [0.5, 0.6) is 5.75 Å². The summed E-state index contributed by atoms with van der Waals surface area (Å²) in [6.45, 7) is 0.141. The van der Waals surface area contributed by atoms with Crippen LogP contribution in [0.15, 0.2) is 24.3 Å². The minimum atomic E-state index is -2.48. The van der Waals surface area contributed by atoms with E-state index in [1.165, 1.54) is 0 Å². The highest BCUT2D eigenvalue weighted by Crippen LogP contribution is 2.32. The lowest BCUT2D eigenvalue weighted by Crippen LogP contribution is -2.21.